The standard InChI is InChI=1S/C17H20N4O/c1-21-14-7-10-18-11-13(14)15(20-21)16(22)19-17(8-9-17)12-5-3-2-4-6-12/h2-6,18H,7-11H2,1H3,(H,19,22). The fourth-order valence-corrected chi connectivity index (χ4v) is 3.35. The van der Waals surface area contributed by atoms with E-state index in [2.05, 4.69) is 27.9 Å². The highest BCUT2D eigenvalue weighted by molar-refractivity contribution is 5.95. The Kier molecular flexibility index (Phi) is 3.04. The molecule has 22 heavy (non-hydrogen) atoms. The summed E-state index contributed by atoms with van der Waals surface area (Å²) in [6.45, 7) is 1.67. The van der Waals surface area contributed by atoms with Crippen molar-refractivity contribution in [1.82, 2.24) is 20.4 Å². The molecule has 2 aliphatic rings. The highest BCUT2D eigenvalue weighted by Gasteiger charge is 2.46. The SMILES string of the molecule is Cn1nc(C(=O)NC2(c3ccccc3)CC2)c2c1CCNC2. The zero-order valence-corrected chi connectivity index (χ0v) is 12.7. The molecule has 0 radical (unpaired) electrons. The summed E-state index contributed by atoms with van der Waals surface area (Å²) in [4.78, 5) is 12.7. The molecule has 0 atom stereocenters. The van der Waals surface area contributed by atoms with E-state index in [1.165, 1.54) is 11.3 Å². The minimum atomic E-state index is -0.190. The van der Waals surface area contributed by atoms with Crippen molar-refractivity contribution in [3.05, 3.63) is 52.8 Å². The molecule has 1 aliphatic heterocycles. The van der Waals surface area contributed by atoms with Crippen LogP contribution in [0.3, 0.4) is 0 Å². The molecular formula is C17H20N4O. The van der Waals surface area contributed by atoms with Crippen molar-refractivity contribution in [1.29, 1.82) is 0 Å². The van der Waals surface area contributed by atoms with Gasteiger partial charge in [0.25, 0.3) is 5.91 Å². The van der Waals surface area contributed by atoms with E-state index in [1.807, 2.05) is 29.9 Å². The fraction of sp³-hybridized carbons (Fsp3) is 0.412. The molecule has 1 fully saturated rings. The van der Waals surface area contributed by atoms with Gasteiger partial charge in [-0.1, -0.05) is 30.3 Å². The van der Waals surface area contributed by atoms with Crippen molar-refractivity contribution in [3.8, 4) is 0 Å². The number of hydrogen-bond acceptors (Lipinski definition) is 3. The maximum absolute atomic E-state index is 12.7. The lowest BCUT2D eigenvalue weighted by Crippen LogP contribution is -2.36. The van der Waals surface area contributed by atoms with Gasteiger partial charge in [-0.25, -0.2) is 0 Å². The predicted molar refractivity (Wildman–Crippen MR) is 83.4 cm³/mol. The minimum Gasteiger partial charge on any atom is -0.341 e. The molecule has 4 rings (SSSR count). The average molecular weight is 296 g/mol. The second-order valence-corrected chi connectivity index (χ2v) is 6.23. The number of benzene rings is 1. The Hall–Kier alpha value is -2.14. The summed E-state index contributed by atoms with van der Waals surface area (Å²) in [5, 5.41) is 11.0. The summed E-state index contributed by atoms with van der Waals surface area (Å²) in [5.74, 6) is -0.0538. The monoisotopic (exact) mass is 296 g/mol. The number of nitrogens with one attached hydrogen (secondary N) is 2. The lowest BCUT2D eigenvalue weighted by atomic mass is 10.0. The van der Waals surface area contributed by atoms with Gasteiger partial charge >= 0.3 is 0 Å². The first-order chi connectivity index (χ1) is 10.7. The smallest absolute Gasteiger partial charge is 0.272 e. The molecule has 5 nitrogen and oxygen atoms in total. The number of carbonyl (C=O) groups excluding carboxylic acids is 1. The van der Waals surface area contributed by atoms with Crippen molar-refractivity contribution in [2.45, 2.75) is 31.3 Å². The average Bonchev–Trinajstić information content (AvgIpc) is 3.26. The van der Waals surface area contributed by atoms with Crippen molar-refractivity contribution in [2.75, 3.05) is 6.54 Å². The van der Waals surface area contributed by atoms with Crippen LogP contribution in [-0.2, 0) is 25.6 Å². The van der Waals surface area contributed by atoms with Gasteiger partial charge in [0, 0.05) is 37.8 Å². The van der Waals surface area contributed by atoms with Crippen LogP contribution >= 0.6 is 0 Å². The molecule has 2 N–H and O–H groups in total. The third-order valence-corrected chi connectivity index (χ3v) is 4.76. The zero-order chi connectivity index (χ0) is 15.2. The first kappa shape index (κ1) is 13.5. The Morgan fingerprint density at radius 3 is 2.82 bits per heavy atom. The van der Waals surface area contributed by atoms with Crippen LogP contribution in [0.1, 0.15) is 40.2 Å². The minimum absolute atomic E-state index is 0.0538. The van der Waals surface area contributed by atoms with E-state index in [1.54, 1.807) is 0 Å². The van der Waals surface area contributed by atoms with Gasteiger partial charge in [-0.15, -0.1) is 0 Å². The van der Waals surface area contributed by atoms with E-state index in [-0.39, 0.29) is 11.4 Å². The van der Waals surface area contributed by atoms with Crippen LogP contribution < -0.4 is 10.6 Å². The van der Waals surface area contributed by atoms with Gasteiger partial charge in [0.05, 0.1) is 5.54 Å². The largest absolute Gasteiger partial charge is 0.341 e. The number of carbonyl (C=O) groups is 1. The van der Waals surface area contributed by atoms with E-state index in [0.29, 0.717) is 5.69 Å². The fourth-order valence-electron chi connectivity index (χ4n) is 3.35. The molecule has 5 heteroatoms. The van der Waals surface area contributed by atoms with E-state index in [0.717, 1.165) is 37.9 Å². The number of aryl methyl sites for hydroxylation is 1. The molecule has 1 saturated carbocycles. The summed E-state index contributed by atoms with van der Waals surface area (Å²) < 4.78 is 1.85. The van der Waals surface area contributed by atoms with Crippen LogP contribution in [0.5, 0.6) is 0 Å². The van der Waals surface area contributed by atoms with Crippen molar-refractivity contribution >= 4 is 5.91 Å². The normalized spacial score (nSPS) is 18.6. The Labute approximate surface area is 129 Å². The number of amides is 1. The van der Waals surface area contributed by atoms with Gasteiger partial charge in [-0.3, -0.25) is 9.48 Å². The third kappa shape index (κ3) is 2.13. The molecular weight excluding hydrogens is 276 g/mol. The van der Waals surface area contributed by atoms with Gasteiger partial charge < -0.3 is 10.6 Å². The summed E-state index contributed by atoms with van der Waals surface area (Å²) >= 11 is 0. The van der Waals surface area contributed by atoms with Gasteiger partial charge in [0.1, 0.15) is 0 Å². The van der Waals surface area contributed by atoms with Crippen LogP contribution in [0.4, 0.5) is 0 Å². The second-order valence-electron chi connectivity index (χ2n) is 6.23. The topological polar surface area (TPSA) is 59.0 Å². The predicted octanol–water partition coefficient (Wildman–Crippen LogP) is 1.48. The molecule has 2 heterocycles. The number of rotatable bonds is 3. The van der Waals surface area contributed by atoms with Gasteiger partial charge in [0.2, 0.25) is 0 Å². The van der Waals surface area contributed by atoms with E-state index < -0.39 is 0 Å². The zero-order valence-electron chi connectivity index (χ0n) is 12.7. The molecule has 1 aromatic heterocycles. The molecule has 0 spiro atoms. The second kappa shape index (κ2) is 4.95. The molecule has 1 aromatic carbocycles. The summed E-state index contributed by atoms with van der Waals surface area (Å²) in [6.07, 6.45) is 2.92. The van der Waals surface area contributed by atoms with Crippen molar-refractivity contribution < 1.29 is 4.79 Å². The number of fused-ring (bicyclic) bond motifs is 1. The van der Waals surface area contributed by atoms with E-state index >= 15 is 0 Å². The van der Waals surface area contributed by atoms with Gasteiger partial charge in [-0.05, 0) is 18.4 Å². The van der Waals surface area contributed by atoms with Crippen molar-refractivity contribution in [2.24, 2.45) is 7.05 Å². The Morgan fingerprint density at radius 2 is 2.09 bits per heavy atom. The maximum atomic E-state index is 12.7. The first-order valence-electron chi connectivity index (χ1n) is 7.83. The van der Waals surface area contributed by atoms with E-state index in [4.69, 9.17) is 0 Å². The molecule has 2 aromatic rings. The lowest BCUT2D eigenvalue weighted by Gasteiger charge is -2.18. The van der Waals surface area contributed by atoms with Crippen LogP contribution in [-0.4, -0.2) is 22.2 Å². The molecule has 0 bridgehead atoms. The summed E-state index contributed by atoms with van der Waals surface area (Å²) in [5.41, 5.74) is 3.80. The quantitative estimate of drug-likeness (QED) is 0.902. The molecule has 0 unspecified atom stereocenters. The highest BCUT2D eigenvalue weighted by Crippen LogP contribution is 2.45. The van der Waals surface area contributed by atoms with Crippen LogP contribution in [0.25, 0.3) is 0 Å². The van der Waals surface area contributed by atoms with E-state index in [9.17, 15) is 4.79 Å². The first-order valence-corrected chi connectivity index (χ1v) is 7.83. The Bertz CT molecular complexity index is 716. The molecule has 1 aliphatic carbocycles. The van der Waals surface area contributed by atoms with Gasteiger partial charge in [-0.2, -0.15) is 5.10 Å². The van der Waals surface area contributed by atoms with Crippen molar-refractivity contribution in [3.63, 3.8) is 0 Å². The third-order valence-electron chi connectivity index (χ3n) is 4.76. The molecule has 114 valence electrons. The summed E-state index contributed by atoms with van der Waals surface area (Å²) in [7, 11) is 1.92. The Morgan fingerprint density at radius 1 is 1.32 bits per heavy atom. The van der Waals surface area contributed by atoms with Crippen LogP contribution in [0.15, 0.2) is 30.3 Å². The molecule has 1 amide bonds. The number of aromatic nitrogens is 2. The number of nitrogens with zero attached hydrogens (tertiary/aromatic N) is 2. The van der Waals surface area contributed by atoms with Crippen LogP contribution in [0, 0.1) is 0 Å². The summed E-state index contributed by atoms with van der Waals surface area (Å²) in [6, 6.07) is 10.2. The molecule has 0 saturated heterocycles. The lowest BCUT2D eigenvalue weighted by molar-refractivity contribution is 0.0924. The number of hydrogen-bond donors (Lipinski definition) is 2. The maximum Gasteiger partial charge on any atom is 0.272 e. The van der Waals surface area contributed by atoms with Crippen LogP contribution in [0.2, 0.25) is 0 Å². The highest BCUT2D eigenvalue weighted by atomic mass is 16.2. The van der Waals surface area contributed by atoms with Gasteiger partial charge in [0.15, 0.2) is 5.69 Å². The Balaban J connectivity index is 1.61.